The number of rotatable bonds is 12. The number of aliphatic hydroxyl groups is 1. The van der Waals surface area contributed by atoms with Gasteiger partial charge < -0.3 is 20.0 Å². The van der Waals surface area contributed by atoms with Gasteiger partial charge in [0.2, 0.25) is 11.8 Å². The van der Waals surface area contributed by atoms with E-state index in [1.807, 2.05) is 13.8 Å². The Morgan fingerprint density at radius 1 is 1.36 bits per heavy atom. The maximum absolute atomic E-state index is 14.2. The van der Waals surface area contributed by atoms with E-state index in [0.29, 0.717) is 25.9 Å². The monoisotopic (exact) mass is 480 g/mol. The molecule has 0 aliphatic carbocycles. The lowest BCUT2D eigenvalue weighted by Gasteiger charge is -2.42. The summed E-state index contributed by atoms with van der Waals surface area (Å²) in [4.78, 5) is 43.7. The lowest BCUT2D eigenvalue weighted by atomic mass is 9.66. The van der Waals surface area contributed by atoms with Crippen LogP contribution in [0.2, 0.25) is 0 Å². The molecule has 186 valence electrons. The topological polar surface area (TPSA) is 98.2 Å². The third-order valence-electron chi connectivity index (χ3n) is 7.74. The summed E-state index contributed by atoms with van der Waals surface area (Å²) in [7, 11) is 0. The smallest absolute Gasteiger partial charge is 0.308 e. The Bertz CT molecular complexity index is 774. The predicted octanol–water partition coefficient (Wildman–Crippen LogP) is 3.02. The summed E-state index contributed by atoms with van der Waals surface area (Å²) in [5.74, 6) is -2.62. The van der Waals surface area contributed by atoms with E-state index in [4.69, 9.17) is 0 Å². The number of thioether (sulfide) groups is 1. The number of carbonyl (C=O) groups excluding carboxylic acids is 2. The van der Waals surface area contributed by atoms with Crippen molar-refractivity contribution in [2.24, 2.45) is 23.7 Å². The number of carbonyl (C=O) groups is 3. The first kappa shape index (κ1) is 26.1. The Hall–Kier alpha value is -1.54. The Morgan fingerprint density at radius 3 is 2.61 bits per heavy atom. The molecule has 0 aromatic carbocycles. The molecule has 3 saturated heterocycles. The van der Waals surface area contributed by atoms with Gasteiger partial charge in [-0.05, 0) is 31.1 Å². The molecule has 8 heteroatoms. The fraction of sp³-hybridized carbons (Fsp3) is 0.800. The Morgan fingerprint density at radius 2 is 2.06 bits per heavy atom. The first-order valence-corrected chi connectivity index (χ1v) is 13.3. The van der Waals surface area contributed by atoms with Gasteiger partial charge in [-0.25, -0.2) is 0 Å². The summed E-state index contributed by atoms with van der Waals surface area (Å²) in [6.45, 7) is 12.8. The molecule has 2 bridgehead atoms. The molecular formula is C25H40N2O5S. The molecule has 3 aliphatic heterocycles. The quantitative estimate of drug-likeness (QED) is 0.329. The highest BCUT2D eigenvalue weighted by Crippen LogP contribution is 2.69. The molecule has 3 fully saturated rings. The highest BCUT2D eigenvalue weighted by molar-refractivity contribution is 8.02. The van der Waals surface area contributed by atoms with E-state index in [9.17, 15) is 24.6 Å². The van der Waals surface area contributed by atoms with Crippen molar-refractivity contribution in [3.63, 3.8) is 0 Å². The SMILES string of the molecule is C=CCN(CCCCC)C(=O)C1N([C@@H](CO)CC(C)C)C(=O)[C@@H]2[C@@H](C(=O)O)[C@H]3CC(C)C12S3. The van der Waals surface area contributed by atoms with Crippen LogP contribution < -0.4 is 0 Å². The molecule has 2 amide bonds. The summed E-state index contributed by atoms with van der Waals surface area (Å²) >= 11 is 1.55. The predicted molar refractivity (Wildman–Crippen MR) is 130 cm³/mol. The van der Waals surface area contributed by atoms with Crippen molar-refractivity contribution >= 4 is 29.5 Å². The molecule has 3 heterocycles. The number of unbranched alkanes of at least 4 members (excludes halogenated alkanes) is 2. The molecular weight excluding hydrogens is 440 g/mol. The number of hydrogen-bond donors (Lipinski definition) is 2. The van der Waals surface area contributed by atoms with E-state index in [2.05, 4.69) is 20.4 Å². The van der Waals surface area contributed by atoms with Crippen molar-refractivity contribution in [2.45, 2.75) is 81.9 Å². The zero-order valence-electron chi connectivity index (χ0n) is 20.4. The third kappa shape index (κ3) is 4.33. The van der Waals surface area contributed by atoms with Crippen molar-refractivity contribution in [1.29, 1.82) is 0 Å². The zero-order valence-corrected chi connectivity index (χ0v) is 21.2. The number of fused-ring (bicyclic) bond motifs is 1. The van der Waals surface area contributed by atoms with E-state index in [-0.39, 0.29) is 35.5 Å². The van der Waals surface area contributed by atoms with Crippen LogP contribution in [-0.2, 0) is 14.4 Å². The first-order valence-electron chi connectivity index (χ1n) is 12.4. The number of carboxylic acids is 1. The van der Waals surface area contributed by atoms with Crippen molar-refractivity contribution in [3.05, 3.63) is 12.7 Å². The lowest BCUT2D eigenvalue weighted by molar-refractivity contribution is -0.150. The fourth-order valence-corrected chi connectivity index (χ4v) is 8.80. The van der Waals surface area contributed by atoms with E-state index >= 15 is 0 Å². The molecule has 2 N–H and O–H groups in total. The van der Waals surface area contributed by atoms with Crippen LogP contribution in [0.5, 0.6) is 0 Å². The van der Waals surface area contributed by atoms with Gasteiger partial charge in [-0.2, -0.15) is 0 Å². The second-order valence-electron chi connectivity index (χ2n) is 10.4. The second-order valence-corrected chi connectivity index (χ2v) is 11.9. The van der Waals surface area contributed by atoms with Crippen molar-refractivity contribution < 1.29 is 24.6 Å². The van der Waals surface area contributed by atoms with Crippen LogP contribution in [0.15, 0.2) is 12.7 Å². The number of likely N-dealkylation sites (tertiary alicyclic amines) is 1. The van der Waals surface area contributed by atoms with Crippen molar-refractivity contribution in [2.75, 3.05) is 19.7 Å². The van der Waals surface area contributed by atoms with E-state index in [0.717, 1.165) is 19.3 Å². The lowest BCUT2D eigenvalue weighted by Crippen LogP contribution is -2.59. The van der Waals surface area contributed by atoms with Gasteiger partial charge in [0.05, 0.1) is 29.2 Å². The molecule has 1 spiro atoms. The molecule has 0 radical (unpaired) electrons. The maximum atomic E-state index is 14.2. The van der Waals surface area contributed by atoms with Crippen LogP contribution in [-0.4, -0.2) is 79.6 Å². The molecule has 0 saturated carbocycles. The van der Waals surface area contributed by atoms with Gasteiger partial charge in [0.1, 0.15) is 6.04 Å². The minimum Gasteiger partial charge on any atom is -0.481 e. The van der Waals surface area contributed by atoms with Gasteiger partial charge in [-0.15, -0.1) is 18.3 Å². The number of aliphatic carboxylic acids is 1. The van der Waals surface area contributed by atoms with Crippen molar-refractivity contribution in [1.82, 2.24) is 9.80 Å². The Labute approximate surface area is 202 Å². The molecule has 3 unspecified atom stereocenters. The molecule has 0 aromatic heterocycles. The van der Waals surface area contributed by atoms with Crippen LogP contribution in [0.3, 0.4) is 0 Å². The normalized spacial score (nSPS) is 33.5. The van der Waals surface area contributed by atoms with E-state index in [1.54, 1.807) is 27.6 Å². The fourth-order valence-electron chi connectivity index (χ4n) is 6.41. The average Bonchev–Trinajstić information content (AvgIpc) is 3.34. The molecule has 0 aromatic rings. The van der Waals surface area contributed by atoms with Gasteiger partial charge >= 0.3 is 5.97 Å². The minimum atomic E-state index is -0.956. The van der Waals surface area contributed by atoms with Gasteiger partial charge in [0, 0.05) is 18.3 Å². The first-order chi connectivity index (χ1) is 15.6. The zero-order chi connectivity index (χ0) is 24.5. The largest absolute Gasteiger partial charge is 0.481 e. The van der Waals surface area contributed by atoms with Crippen LogP contribution in [0.4, 0.5) is 0 Å². The van der Waals surface area contributed by atoms with E-state index < -0.39 is 34.6 Å². The molecule has 7 nitrogen and oxygen atoms in total. The highest BCUT2D eigenvalue weighted by Gasteiger charge is 2.76. The van der Waals surface area contributed by atoms with Crippen LogP contribution in [0, 0.1) is 23.7 Å². The Balaban J connectivity index is 2.08. The molecule has 7 atom stereocenters. The second kappa shape index (κ2) is 10.4. The third-order valence-corrected chi connectivity index (χ3v) is 9.82. The van der Waals surface area contributed by atoms with Crippen molar-refractivity contribution in [3.8, 4) is 0 Å². The summed E-state index contributed by atoms with van der Waals surface area (Å²) in [6.07, 6.45) is 5.86. The molecule has 3 rings (SSSR count). The highest BCUT2D eigenvalue weighted by atomic mass is 32.2. The maximum Gasteiger partial charge on any atom is 0.308 e. The van der Waals surface area contributed by atoms with Crippen LogP contribution >= 0.6 is 11.8 Å². The summed E-state index contributed by atoms with van der Waals surface area (Å²) in [5, 5.41) is 20.2. The number of nitrogens with zero attached hydrogens (tertiary/aromatic N) is 2. The van der Waals surface area contributed by atoms with E-state index in [1.165, 1.54) is 0 Å². The van der Waals surface area contributed by atoms with Gasteiger partial charge in [0.15, 0.2) is 0 Å². The molecule has 33 heavy (non-hydrogen) atoms. The standard InChI is InChI=1S/C25H40N2O5S/c1-6-8-9-11-26(10-7-2)23(30)21-25-16(5)13-18(33-25)19(24(31)32)20(25)22(29)27(21)17(14-28)12-15(3)4/h7,15-21,28H,2,6,8-14H2,1,3-5H3,(H,31,32)/t16?,17-,18-,19+,20+,21?,25?/m1/s1. The molecule has 3 aliphatic rings. The summed E-state index contributed by atoms with van der Waals surface area (Å²) < 4.78 is -0.767. The summed E-state index contributed by atoms with van der Waals surface area (Å²) in [5.41, 5.74) is 0. The van der Waals surface area contributed by atoms with Gasteiger partial charge in [-0.3, -0.25) is 14.4 Å². The number of hydrogen-bond acceptors (Lipinski definition) is 5. The Kier molecular flexibility index (Phi) is 8.20. The summed E-state index contributed by atoms with van der Waals surface area (Å²) in [6, 6.07) is -1.27. The van der Waals surface area contributed by atoms with Gasteiger partial charge in [0.25, 0.3) is 0 Å². The number of amides is 2. The average molecular weight is 481 g/mol. The van der Waals surface area contributed by atoms with Crippen LogP contribution in [0.1, 0.15) is 59.8 Å². The number of carboxylic acid groups (broad SMARTS) is 1. The number of aliphatic hydroxyl groups excluding tert-OH is 1. The van der Waals surface area contributed by atoms with Gasteiger partial charge in [-0.1, -0.05) is 46.6 Å². The van der Waals surface area contributed by atoms with Crippen LogP contribution in [0.25, 0.3) is 0 Å². The minimum absolute atomic E-state index is 0.0376.